The zero-order valence-corrected chi connectivity index (χ0v) is 10.1. The van der Waals surface area contributed by atoms with Crippen molar-refractivity contribution in [1.29, 1.82) is 0 Å². The molecule has 17 heavy (non-hydrogen) atoms. The van der Waals surface area contributed by atoms with Crippen LogP contribution in [0.3, 0.4) is 0 Å². The molecule has 3 heteroatoms. The number of halogens is 1. The first-order chi connectivity index (χ1) is 8.08. The van der Waals surface area contributed by atoms with Gasteiger partial charge in [-0.3, -0.25) is 4.79 Å². The van der Waals surface area contributed by atoms with Gasteiger partial charge in [0.15, 0.2) is 5.78 Å². The van der Waals surface area contributed by atoms with Gasteiger partial charge in [-0.05, 0) is 30.5 Å². The lowest BCUT2D eigenvalue weighted by molar-refractivity contribution is 0.0977. The average Bonchev–Trinajstić information content (AvgIpc) is 2.68. The van der Waals surface area contributed by atoms with Crippen LogP contribution in [0.25, 0.3) is 10.9 Å². The van der Waals surface area contributed by atoms with Gasteiger partial charge in [0.05, 0.1) is 0 Å². The summed E-state index contributed by atoms with van der Waals surface area (Å²) in [5.41, 5.74) is 1.35. The molecule has 0 saturated heterocycles. The molecule has 2 rings (SSSR count). The molecule has 0 aliphatic heterocycles. The fourth-order valence-corrected chi connectivity index (χ4v) is 1.88. The van der Waals surface area contributed by atoms with Crippen molar-refractivity contribution < 1.29 is 9.18 Å². The van der Waals surface area contributed by atoms with Gasteiger partial charge >= 0.3 is 0 Å². The van der Waals surface area contributed by atoms with E-state index < -0.39 is 0 Å². The minimum Gasteiger partial charge on any atom is -0.360 e. The number of aromatic nitrogens is 1. The van der Waals surface area contributed by atoms with Crippen LogP contribution in [0.5, 0.6) is 0 Å². The molecular formula is C14H16FNO. The maximum Gasteiger partial charge on any atom is 0.165 e. The van der Waals surface area contributed by atoms with Crippen molar-refractivity contribution in [3.63, 3.8) is 0 Å². The Balaban J connectivity index is 2.27. The molecule has 1 heterocycles. The third-order valence-electron chi connectivity index (χ3n) is 2.89. The summed E-state index contributed by atoms with van der Waals surface area (Å²) in [7, 11) is 0. The highest BCUT2D eigenvalue weighted by atomic mass is 19.1. The van der Waals surface area contributed by atoms with Crippen molar-refractivity contribution in [2.75, 3.05) is 0 Å². The SMILES string of the molecule is CC(C)CCC(=O)c1c[nH]c2cc(F)ccc12. The van der Waals surface area contributed by atoms with Crippen LogP contribution in [0.15, 0.2) is 24.4 Å². The van der Waals surface area contributed by atoms with Gasteiger partial charge in [0.2, 0.25) is 0 Å². The number of rotatable bonds is 4. The lowest BCUT2D eigenvalue weighted by Crippen LogP contribution is -2.00. The van der Waals surface area contributed by atoms with Crippen LogP contribution < -0.4 is 0 Å². The number of carbonyl (C=O) groups excluding carboxylic acids is 1. The van der Waals surface area contributed by atoms with Gasteiger partial charge in [0.25, 0.3) is 0 Å². The number of H-pyrrole nitrogens is 1. The van der Waals surface area contributed by atoms with Crippen LogP contribution in [0.1, 0.15) is 37.0 Å². The van der Waals surface area contributed by atoms with Crippen molar-refractivity contribution in [3.05, 3.63) is 35.8 Å². The number of fused-ring (bicyclic) bond motifs is 1. The molecule has 0 bridgehead atoms. The molecule has 2 nitrogen and oxygen atoms in total. The predicted molar refractivity (Wildman–Crippen MR) is 66.7 cm³/mol. The molecule has 1 aromatic carbocycles. The van der Waals surface area contributed by atoms with Crippen molar-refractivity contribution in [3.8, 4) is 0 Å². The molecule has 0 amide bonds. The lowest BCUT2D eigenvalue weighted by Gasteiger charge is -2.02. The molecule has 0 radical (unpaired) electrons. The predicted octanol–water partition coefficient (Wildman–Crippen LogP) is 3.93. The Morgan fingerprint density at radius 3 is 2.88 bits per heavy atom. The first-order valence-corrected chi connectivity index (χ1v) is 5.87. The van der Waals surface area contributed by atoms with Crippen LogP contribution >= 0.6 is 0 Å². The molecule has 0 fully saturated rings. The monoisotopic (exact) mass is 233 g/mol. The van der Waals surface area contributed by atoms with Gasteiger partial charge in [-0.15, -0.1) is 0 Å². The maximum atomic E-state index is 13.0. The van der Waals surface area contributed by atoms with Crippen LogP contribution in [0, 0.1) is 11.7 Å². The lowest BCUT2D eigenvalue weighted by atomic mass is 10.0. The summed E-state index contributed by atoms with van der Waals surface area (Å²) in [6, 6.07) is 4.45. The number of hydrogen-bond donors (Lipinski definition) is 1. The Kier molecular flexibility index (Phi) is 3.27. The number of carbonyl (C=O) groups is 1. The minimum absolute atomic E-state index is 0.122. The minimum atomic E-state index is -0.291. The normalized spacial score (nSPS) is 11.3. The van der Waals surface area contributed by atoms with E-state index in [-0.39, 0.29) is 11.6 Å². The maximum absolute atomic E-state index is 13.0. The second kappa shape index (κ2) is 4.70. The third-order valence-corrected chi connectivity index (χ3v) is 2.89. The Morgan fingerprint density at radius 1 is 1.41 bits per heavy atom. The quantitative estimate of drug-likeness (QED) is 0.797. The molecule has 90 valence electrons. The third kappa shape index (κ3) is 2.54. The van der Waals surface area contributed by atoms with E-state index in [1.807, 2.05) is 0 Å². The zero-order valence-electron chi connectivity index (χ0n) is 10.1. The average molecular weight is 233 g/mol. The van der Waals surface area contributed by atoms with E-state index in [1.165, 1.54) is 12.1 Å². The van der Waals surface area contributed by atoms with Crippen LogP contribution in [0.4, 0.5) is 4.39 Å². The van der Waals surface area contributed by atoms with E-state index >= 15 is 0 Å². The molecule has 2 aromatic rings. The van der Waals surface area contributed by atoms with E-state index in [0.717, 1.165) is 11.8 Å². The highest BCUT2D eigenvalue weighted by molar-refractivity contribution is 6.07. The molecule has 1 N–H and O–H groups in total. The van der Waals surface area contributed by atoms with Crippen molar-refractivity contribution in [1.82, 2.24) is 4.98 Å². The Morgan fingerprint density at radius 2 is 2.18 bits per heavy atom. The van der Waals surface area contributed by atoms with Gasteiger partial charge in [-0.1, -0.05) is 13.8 Å². The summed E-state index contributed by atoms with van der Waals surface area (Å²) >= 11 is 0. The smallest absolute Gasteiger partial charge is 0.165 e. The van der Waals surface area contributed by atoms with E-state index in [9.17, 15) is 9.18 Å². The summed E-state index contributed by atoms with van der Waals surface area (Å²) in [5, 5.41) is 0.806. The number of benzene rings is 1. The van der Waals surface area contributed by atoms with Gasteiger partial charge in [-0.25, -0.2) is 4.39 Å². The fourth-order valence-electron chi connectivity index (χ4n) is 1.88. The van der Waals surface area contributed by atoms with E-state index in [4.69, 9.17) is 0 Å². The molecule has 0 spiro atoms. The van der Waals surface area contributed by atoms with Crippen LogP contribution in [-0.2, 0) is 0 Å². The van der Waals surface area contributed by atoms with Gasteiger partial charge in [0.1, 0.15) is 5.82 Å². The zero-order chi connectivity index (χ0) is 12.4. The standard InChI is InChI=1S/C14H16FNO/c1-9(2)3-6-14(17)12-8-16-13-7-10(15)4-5-11(12)13/h4-5,7-9,16H,3,6H2,1-2H3. The van der Waals surface area contributed by atoms with E-state index in [1.54, 1.807) is 12.3 Å². The number of ketones is 1. The highest BCUT2D eigenvalue weighted by Gasteiger charge is 2.12. The second-order valence-corrected chi connectivity index (χ2v) is 4.75. The molecule has 1 aromatic heterocycles. The molecule has 0 aliphatic carbocycles. The number of hydrogen-bond acceptors (Lipinski definition) is 1. The Hall–Kier alpha value is -1.64. The Bertz CT molecular complexity index is 542. The number of nitrogens with one attached hydrogen (secondary N) is 1. The van der Waals surface area contributed by atoms with Crippen molar-refractivity contribution in [2.45, 2.75) is 26.7 Å². The Labute approximate surface area is 99.8 Å². The first kappa shape index (κ1) is 11.8. The molecule has 0 atom stereocenters. The summed E-state index contributed by atoms with van der Waals surface area (Å²) in [6.07, 6.45) is 3.10. The van der Waals surface area contributed by atoms with E-state index in [0.29, 0.717) is 23.4 Å². The summed E-state index contributed by atoms with van der Waals surface area (Å²) in [5.74, 6) is 0.346. The van der Waals surface area contributed by atoms with Gasteiger partial charge < -0.3 is 4.98 Å². The van der Waals surface area contributed by atoms with Crippen molar-refractivity contribution in [2.24, 2.45) is 5.92 Å². The topological polar surface area (TPSA) is 32.9 Å². The molecule has 0 unspecified atom stereocenters. The molecule has 0 aliphatic rings. The van der Waals surface area contributed by atoms with Crippen LogP contribution in [0.2, 0.25) is 0 Å². The van der Waals surface area contributed by atoms with Gasteiger partial charge in [-0.2, -0.15) is 0 Å². The summed E-state index contributed by atoms with van der Waals surface area (Å²) < 4.78 is 13.0. The summed E-state index contributed by atoms with van der Waals surface area (Å²) in [6.45, 7) is 4.19. The highest BCUT2D eigenvalue weighted by Crippen LogP contribution is 2.21. The number of Topliss-reactive ketones (excluding diaryl/α,β-unsaturated/α-hetero) is 1. The summed E-state index contributed by atoms with van der Waals surface area (Å²) in [4.78, 5) is 14.9. The fraction of sp³-hybridized carbons (Fsp3) is 0.357. The largest absolute Gasteiger partial charge is 0.360 e. The van der Waals surface area contributed by atoms with E-state index in [2.05, 4.69) is 18.8 Å². The second-order valence-electron chi connectivity index (χ2n) is 4.75. The molecular weight excluding hydrogens is 217 g/mol. The van der Waals surface area contributed by atoms with Crippen molar-refractivity contribution >= 4 is 16.7 Å². The molecule has 0 saturated carbocycles. The van der Waals surface area contributed by atoms with Crippen LogP contribution in [-0.4, -0.2) is 10.8 Å². The van der Waals surface area contributed by atoms with Gasteiger partial charge in [0, 0.05) is 29.1 Å². The first-order valence-electron chi connectivity index (χ1n) is 5.87. The number of aromatic amines is 1.